The van der Waals surface area contributed by atoms with E-state index in [1.807, 2.05) is 61.5 Å². The maximum atomic E-state index is 12.5. The summed E-state index contributed by atoms with van der Waals surface area (Å²) in [5.74, 6) is 0.705. The number of carbonyl (C=O) groups is 1. The number of ether oxygens (including phenoxy) is 1. The number of aromatic nitrogens is 2. The lowest BCUT2D eigenvalue weighted by molar-refractivity contribution is 0.0768. The summed E-state index contributed by atoms with van der Waals surface area (Å²) in [7, 11) is 1.75. The third-order valence-electron chi connectivity index (χ3n) is 3.91. The molecule has 0 unspecified atom stereocenters. The Hall–Kier alpha value is -3.08. The summed E-state index contributed by atoms with van der Waals surface area (Å²) < 4.78 is 5.70. The minimum absolute atomic E-state index is 0.109. The predicted octanol–water partition coefficient (Wildman–Crippen LogP) is 3.54. The molecule has 1 amide bonds. The lowest BCUT2D eigenvalue weighted by Gasteiger charge is -2.16. The maximum Gasteiger partial charge on any atom is 0.271 e. The number of aryl methyl sites for hydroxylation is 1. The summed E-state index contributed by atoms with van der Waals surface area (Å²) in [6.45, 7) is 2.95. The Morgan fingerprint density at radius 2 is 1.92 bits per heavy atom. The molecule has 0 aliphatic heterocycles. The van der Waals surface area contributed by atoms with Crippen LogP contribution in [-0.2, 0) is 0 Å². The lowest BCUT2D eigenvalue weighted by atomic mass is 10.1. The molecule has 0 saturated carbocycles. The Labute approximate surface area is 147 Å². The van der Waals surface area contributed by atoms with Crippen LogP contribution in [0, 0.1) is 6.92 Å². The largest absolute Gasteiger partial charge is 0.492 e. The third kappa shape index (κ3) is 4.26. The van der Waals surface area contributed by atoms with E-state index in [-0.39, 0.29) is 5.91 Å². The van der Waals surface area contributed by atoms with Crippen LogP contribution in [0.3, 0.4) is 0 Å². The van der Waals surface area contributed by atoms with Gasteiger partial charge >= 0.3 is 0 Å². The smallest absolute Gasteiger partial charge is 0.271 e. The number of carbonyl (C=O) groups excluding carboxylic acids is 1. The molecule has 0 fully saturated rings. The Morgan fingerprint density at radius 1 is 1.12 bits per heavy atom. The van der Waals surface area contributed by atoms with E-state index < -0.39 is 0 Å². The summed E-state index contributed by atoms with van der Waals surface area (Å²) in [4.78, 5) is 14.1. The van der Waals surface area contributed by atoms with Crippen LogP contribution in [0.2, 0.25) is 0 Å². The highest BCUT2D eigenvalue weighted by Crippen LogP contribution is 2.17. The number of H-pyrrole nitrogens is 1. The number of rotatable bonds is 6. The molecule has 1 N–H and O–H groups in total. The van der Waals surface area contributed by atoms with Crippen molar-refractivity contribution >= 4 is 5.91 Å². The van der Waals surface area contributed by atoms with E-state index in [0.717, 1.165) is 22.6 Å². The fourth-order valence-corrected chi connectivity index (χ4v) is 2.50. The van der Waals surface area contributed by atoms with Crippen molar-refractivity contribution in [2.24, 2.45) is 0 Å². The van der Waals surface area contributed by atoms with Gasteiger partial charge < -0.3 is 9.64 Å². The average molecular weight is 335 g/mol. The van der Waals surface area contributed by atoms with Gasteiger partial charge in [0.25, 0.3) is 5.91 Å². The Morgan fingerprint density at radius 3 is 2.68 bits per heavy atom. The Balaban J connectivity index is 1.56. The molecule has 0 spiro atoms. The second-order valence-electron chi connectivity index (χ2n) is 5.92. The molecule has 0 atom stereocenters. The molecule has 0 aliphatic carbocycles. The number of likely N-dealkylation sites (N-methyl/N-ethyl adjacent to an activating group) is 1. The van der Waals surface area contributed by atoms with Gasteiger partial charge in [-0.2, -0.15) is 5.10 Å². The fraction of sp³-hybridized carbons (Fsp3) is 0.200. The molecule has 5 heteroatoms. The highest BCUT2D eigenvalue weighted by molar-refractivity contribution is 5.93. The van der Waals surface area contributed by atoms with Crippen LogP contribution in [0.15, 0.2) is 60.7 Å². The van der Waals surface area contributed by atoms with Gasteiger partial charge in [-0.15, -0.1) is 0 Å². The normalized spacial score (nSPS) is 10.5. The van der Waals surface area contributed by atoms with Gasteiger partial charge in [-0.05, 0) is 30.7 Å². The van der Waals surface area contributed by atoms with Gasteiger partial charge in [0.1, 0.15) is 18.1 Å². The standard InChI is InChI=1S/C20H21N3O2/c1-15-7-6-10-17(13-15)25-12-11-23(2)20(24)19-14-18(21-22-19)16-8-4-3-5-9-16/h3-10,13-14H,11-12H2,1-2H3,(H,21,22). The van der Waals surface area contributed by atoms with Gasteiger partial charge in [-0.3, -0.25) is 9.89 Å². The van der Waals surface area contributed by atoms with Crippen LogP contribution in [0.25, 0.3) is 11.3 Å². The first-order valence-electron chi connectivity index (χ1n) is 8.19. The first-order chi connectivity index (χ1) is 12.1. The molecule has 0 bridgehead atoms. The monoisotopic (exact) mass is 335 g/mol. The summed E-state index contributed by atoms with van der Waals surface area (Å²) in [5, 5.41) is 7.04. The van der Waals surface area contributed by atoms with Crippen LogP contribution in [0.1, 0.15) is 16.1 Å². The van der Waals surface area contributed by atoms with Crippen molar-refractivity contribution in [3.63, 3.8) is 0 Å². The highest BCUT2D eigenvalue weighted by atomic mass is 16.5. The summed E-state index contributed by atoms with van der Waals surface area (Å²) in [5.41, 5.74) is 3.35. The van der Waals surface area contributed by atoms with Crippen molar-refractivity contribution in [3.8, 4) is 17.0 Å². The van der Waals surface area contributed by atoms with E-state index >= 15 is 0 Å². The molecule has 5 nitrogen and oxygen atoms in total. The van der Waals surface area contributed by atoms with Gasteiger partial charge in [0.05, 0.1) is 12.2 Å². The van der Waals surface area contributed by atoms with Crippen molar-refractivity contribution in [2.75, 3.05) is 20.2 Å². The summed E-state index contributed by atoms with van der Waals surface area (Å²) >= 11 is 0. The summed E-state index contributed by atoms with van der Waals surface area (Å²) in [6.07, 6.45) is 0. The molecule has 3 aromatic rings. The van der Waals surface area contributed by atoms with Crippen LogP contribution >= 0.6 is 0 Å². The van der Waals surface area contributed by atoms with Crippen LogP contribution in [-0.4, -0.2) is 41.2 Å². The second kappa shape index (κ2) is 7.66. The van der Waals surface area contributed by atoms with Crippen molar-refractivity contribution in [1.82, 2.24) is 15.1 Å². The molecule has 25 heavy (non-hydrogen) atoms. The van der Waals surface area contributed by atoms with E-state index in [0.29, 0.717) is 18.8 Å². The van der Waals surface area contributed by atoms with Gasteiger partial charge in [0.2, 0.25) is 0 Å². The molecular formula is C20H21N3O2. The first-order valence-corrected chi connectivity index (χ1v) is 8.19. The van der Waals surface area contributed by atoms with Gasteiger partial charge in [0, 0.05) is 12.6 Å². The third-order valence-corrected chi connectivity index (χ3v) is 3.91. The van der Waals surface area contributed by atoms with Crippen molar-refractivity contribution < 1.29 is 9.53 Å². The maximum absolute atomic E-state index is 12.5. The molecule has 128 valence electrons. The van der Waals surface area contributed by atoms with E-state index in [1.54, 1.807) is 18.0 Å². The quantitative estimate of drug-likeness (QED) is 0.749. The Kier molecular flexibility index (Phi) is 5.14. The first kappa shape index (κ1) is 16.8. The average Bonchev–Trinajstić information content (AvgIpc) is 3.12. The number of nitrogens with one attached hydrogen (secondary N) is 1. The molecule has 1 heterocycles. The van der Waals surface area contributed by atoms with E-state index in [2.05, 4.69) is 10.2 Å². The predicted molar refractivity (Wildman–Crippen MR) is 97.7 cm³/mol. The zero-order chi connectivity index (χ0) is 17.6. The molecular weight excluding hydrogens is 314 g/mol. The van der Waals surface area contributed by atoms with Gasteiger partial charge in [-0.25, -0.2) is 0 Å². The van der Waals surface area contributed by atoms with E-state index in [9.17, 15) is 4.79 Å². The summed E-state index contributed by atoms with van der Waals surface area (Å²) in [6, 6.07) is 19.4. The van der Waals surface area contributed by atoms with Crippen LogP contribution in [0.5, 0.6) is 5.75 Å². The SMILES string of the molecule is Cc1cccc(OCCN(C)C(=O)c2cc(-c3ccccc3)n[nH]2)c1. The van der Waals surface area contributed by atoms with E-state index in [4.69, 9.17) is 4.74 Å². The number of benzene rings is 2. The molecule has 0 radical (unpaired) electrons. The van der Waals surface area contributed by atoms with Crippen molar-refractivity contribution in [3.05, 3.63) is 71.9 Å². The van der Waals surface area contributed by atoms with Crippen LogP contribution < -0.4 is 4.74 Å². The topological polar surface area (TPSA) is 58.2 Å². The highest BCUT2D eigenvalue weighted by Gasteiger charge is 2.15. The minimum Gasteiger partial charge on any atom is -0.492 e. The lowest BCUT2D eigenvalue weighted by Crippen LogP contribution is -2.31. The number of nitrogens with zero attached hydrogens (tertiary/aromatic N) is 2. The number of hydrogen-bond acceptors (Lipinski definition) is 3. The number of amides is 1. The zero-order valence-electron chi connectivity index (χ0n) is 14.4. The zero-order valence-corrected chi connectivity index (χ0v) is 14.4. The van der Waals surface area contributed by atoms with Crippen molar-refractivity contribution in [1.29, 1.82) is 0 Å². The number of aromatic amines is 1. The van der Waals surface area contributed by atoms with Crippen molar-refractivity contribution in [2.45, 2.75) is 6.92 Å². The number of hydrogen-bond donors (Lipinski definition) is 1. The fourth-order valence-electron chi connectivity index (χ4n) is 2.50. The van der Waals surface area contributed by atoms with Crippen LogP contribution in [0.4, 0.5) is 0 Å². The second-order valence-corrected chi connectivity index (χ2v) is 5.92. The van der Waals surface area contributed by atoms with Gasteiger partial charge in [-0.1, -0.05) is 42.5 Å². The molecule has 0 aliphatic rings. The molecule has 3 rings (SSSR count). The molecule has 1 aromatic heterocycles. The minimum atomic E-state index is -0.109. The Bertz CT molecular complexity index is 843. The molecule has 2 aromatic carbocycles. The van der Waals surface area contributed by atoms with Gasteiger partial charge in [0.15, 0.2) is 0 Å². The molecule has 0 saturated heterocycles. The van der Waals surface area contributed by atoms with E-state index in [1.165, 1.54) is 0 Å².